The maximum atomic E-state index is 13.2. The van der Waals surface area contributed by atoms with Crippen LogP contribution < -0.4 is 10.0 Å². The Bertz CT molecular complexity index is 361. The number of ether oxygens (including phenoxy) is 2. The van der Waals surface area contributed by atoms with Crippen molar-refractivity contribution in [2.75, 3.05) is 13.7 Å². The van der Waals surface area contributed by atoms with Crippen molar-refractivity contribution < 1.29 is 18.7 Å². The van der Waals surface area contributed by atoms with Crippen LogP contribution in [0.25, 0.3) is 0 Å². The molecule has 0 aliphatic carbocycles. The molecular formula is C9H9BrFO3P. The lowest BCUT2D eigenvalue weighted by atomic mass is 10.3. The maximum Gasteiger partial charge on any atom is 0.343 e. The van der Waals surface area contributed by atoms with Gasteiger partial charge in [0.25, 0.3) is 0 Å². The Morgan fingerprint density at radius 3 is 2.80 bits per heavy atom. The molecule has 0 amide bonds. The molecule has 0 radical (unpaired) electrons. The first-order valence-electron chi connectivity index (χ1n) is 3.98. The van der Waals surface area contributed by atoms with Crippen LogP contribution in [0.2, 0.25) is 0 Å². The lowest BCUT2D eigenvalue weighted by Gasteiger charge is -2.07. The molecule has 0 N–H and O–H groups in total. The summed E-state index contributed by atoms with van der Waals surface area (Å²) in [6.45, 7) is -0.234. The van der Waals surface area contributed by atoms with Crippen LogP contribution in [0.4, 0.5) is 4.39 Å². The topological polar surface area (TPSA) is 35.5 Å². The van der Waals surface area contributed by atoms with Gasteiger partial charge in [0.1, 0.15) is 11.6 Å². The lowest BCUT2D eigenvalue weighted by molar-refractivity contribution is -0.142. The molecule has 0 aromatic heterocycles. The van der Waals surface area contributed by atoms with E-state index in [1.54, 1.807) is 6.07 Å². The largest absolute Gasteiger partial charge is 0.482 e. The van der Waals surface area contributed by atoms with Crippen LogP contribution in [0, 0.1) is 5.82 Å². The number of methoxy groups -OCH3 is 1. The number of benzene rings is 1. The molecule has 6 heteroatoms. The Hall–Kier alpha value is -0.670. The van der Waals surface area contributed by atoms with Gasteiger partial charge >= 0.3 is 5.97 Å². The Kier molecular flexibility index (Phi) is 4.48. The van der Waals surface area contributed by atoms with E-state index in [1.807, 2.05) is 0 Å². The van der Waals surface area contributed by atoms with Crippen molar-refractivity contribution in [1.82, 2.24) is 0 Å². The number of rotatable bonds is 3. The van der Waals surface area contributed by atoms with Crippen molar-refractivity contribution in [3.63, 3.8) is 0 Å². The highest BCUT2D eigenvalue weighted by Gasteiger charge is 2.08. The first-order chi connectivity index (χ1) is 7.04. The number of hydrogen-bond donors (Lipinski definition) is 0. The van der Waals surface area contributed by atoms with Crippen molar-refractivity contribution in [1.29, 1.82) is 0 Å². The Morgan fingerprint density at radius 2 is 2.27 bits per heavy atom. The molecule has 0 saturated heterocycles. The Balaban J connectivity index is 2.75. The van der Waals surface area contributed by atoms with Crippen molar-refractivity contribution in [2.45, 2.75) is 0 Å². The van der Waals surface area contributed by atoms with E-state index in [-0.39, 0.29) is 12.4 Å². The van der Waals surface area contributed by atoms with E-state index in [2.05, 4.69) is 29.9 Å². The smallest absolute Gasteiger partial charge is 0.343 e. The van der Waals surface area contributed by atoms with Gasteiger partial charge in [0.2, 0.25) is 0 Å². The molecule has 0 bridgehead atoms. The molecule has 1 rings (SSSR count). The molecule has 1 aromatic rings. The van der Waals surface area contributed by atoms with Gasteiger partial charge in [-0.1, -0.05) is 0 Å². The minimum Gasteiger partial charge on any atom is -0.482 e. The third-order valence-electron chi connectivity index (χ3n) is 1.61. The summed E-state index contributed by atoms with van der Waals surface area (Å²) in [5, 5.41) is 0.620. The predicted octanol–water partition coefficient (Wildman–Crippen LogP) is 1.64. The van der Waals surface area contributed by atoms with E-state index in [9.17, 15) is 9.18 Å². The van der Waals surface area contributed by atoms with Crippen molar-refractivity contribution in [2.24, 2.45) is 0 Å². The zero-order chi connectivity index (χ0) is 11.4. The van der Waals surface area contributed by atoms with Crippen molar-refractivity contribution in [3.05, 3.63) is 22.4 Å². The summed E-state index contributed by atoms with van der Waals surface area (Å²) >= 11 is 3.06. The van der Waals surface area contributed by atoms with Crippen LogP contribution in [0.1, 0.15) is 0 Å². The van der Waals surface area contributed by atoms with Crippen LogP contribution in [0.5, 0.6) is 5.75 Å². The van der Waals surface area contributed by atoms with E-state index in [4.69, 9.17) is 4.74 Å². The third kappa shape index (κ3) is 3.43. The van der Waals surface area contributed by atoms with Gasteiger partial charge in [-0.05, 0) is 27.3 Å². The summed E-state index contributed by atoms with van der Waals surface area (Å²) in [4.78, 5) is 10.8. The SMILES string of the molecule is COC(=O)COc1cc(F)c(Br)c(P)c1. The second kappa shape index (κ2) is 5.42. The van der Waals surface area contributed by atoms with Crippen LogP contribution in [-0.4, -0.2) is 19.7 Å². The molecule has 3 nitrogen and oxygen atoms in total. The molecule has 0 aliphatic heterocycles. The van der Waals surface area contributed by atoms with Crippen LogP contribution in [0.15, 0.2) is 16.6 Å². The molecular weight excluding hydrogens is 286 g/mol. The molecule has 15 heavy (non-hydrogen) atoms. The number of carbonyl (C=O) groups is 1. The standard InChI is InChI=1S/C9H9BrFO3P/c1-13-8(12)4-14-5-2-6(11)9(10)7(15)3-5/h2-3H,4,15H2,1H3. The molecule has 0 heterocycles. The summed E-state index contributed by atoms with van der Waals surface area (Å²) in [7, 11) is 3.62. The summed E-state index contributed by atoms with van der Waals surface area (Å²) < 4.78 is 23.0. The fourth-order valence-electron chi connectivity index (χ4n) is 0.869. The van der Waals surface area contributed by atoms with Gasteiger partial charge in [0.05, 0.1) is 11.6 Å². The van der Waals surface area contributed by atoms with Crippen LogP contribution >= 0.6 is 25.2 Å². The van der Waals surface area contributed by atoms with Crippen LogP contribution in [-0.2, 0) is 9.53 Å². The van der Waals surface area contributed by atoms with E-state index in [0.29, 0.717) is 9.78 Å². The average Bonchev–Trinajstić information content (AvgIpc) is 2.22. The van der Waals surface area contributed by atoms with Crippen molar-refractivity contribution >= 4 is 36.4 Å². The normalized spacial score (nSPS) is 9.87. The highest BCUT2D eigenvalue weighted by Crippen LogP contribution is 2.21. The fraction of sp³-hybridized carbons (Fsp3) is 0.222. The van der Waals surface area contributed by atoms with Gasteiger partial charge in [-0.3, -0.25) is 0 Å². The first kappa shape index (κ1) is 12.4. The van der Waals surface area contributed by atoms with E-state index in [1.165, 1.54) is 13.2 Å². The monoisotopic (exact) mass is 294 g/mol. The summed E-state index contributed by atoms with van der Waals surface area (Å²) in [5.74, 6) is -0.669. The number of halogens is 2. The molecule has 1 atom stereocenters. The van der Waals surface area contributed by atoms with E-state index in [0.717, 1.165) is 0 Å². The summed E-state index contributed by atoms with van der Waals surface area (Å²) in [6.07, 6.45) is 0. The number of hydrogen-bond acceptors (Lipinski definition) is 3. The van der Waals surface area contributed by atoms with Gasteiger partial charge in [0, 0.05) is 6.07 Å². The highest BCUT2D eigenvalue weighted by atomic mass is 79.9. The highest BCUT2D eigenvalue weighted by molar-refractivity contribution is 9.10. The Morgan fingerprint density at radius 1 is 1.60 bits per heavy atom. The molecule has 0 spiro atoms. The molecule has 0 fully saturated rings. The quantitative estimate of drug-likeness (QED) is 0.628. The maximum absolute atomic E-state index is 13.2. The van der Waals surface area contributed by atoms with Gasteiger partial charge in [0.15, 0.2) is 6.61 Å². The van der Waals surface area contributed by atoms with Gasteiger partial charge in [-0.15, -0.1) is 9.24 Å². The second-order valence-corrected chi connectivity index (χ2v) is 4.09. The fourth-order valence-corrected chi connectivity index (χ4v) is 1.40. The first-order valence-corrected chi connectivity index (χ1v) is 5.35. The molecule has 0 saturated carbocycles. The number of carbonyl (C=O) groups excluding carboxylic acids is 1. The molecule has 82 valence electrons. The second-order valence-electron chi connectivity index (χ2n) is 2.67. The Labute approximate surface area is 97.3 Å². The number of esters is 1. The van der Waals surface area contributed by atoms with Crippen LogP contribution in [0.3, 0.4) is 0 Å². The molecule has 1 aromatic carbocycles. The van der Waals surface area contributed by atoms with Crippen molar-refractivity contribution in [3.8, 4) is 5.75 Å². The predicted molar refractivity (Wildman–Crippen MR) is 61.0 cm³/mol. The van der Waals surface area contributed by atoms with Gasteiger partial charge < -0.3 is 9.47 Å². The van der Waals surface area contributed by atoms with E-state index < -0.39 is 11.8 Å². The third-order valence-corrected chi connectivity index (χ3v) is 3.33. The minimum atomic E-state index is -0.511. The van der Waals surface area contributed by atoms with Gasteiger partial charge in [-0.2, -0.15) is 0 Å². The zero-order valence-corrected chi connectivity index (χ0v) is 10.7. The zero-order valence-electron chi connectivity index (χ0n) is 7.92. The minimum absolute atomic E-state index is 0.234. The summed E-state index contributed by atoms with van der Waals surface area (Å²) in [6, 6.07) is 2.79. The van der Waals surface area contributed by atoms with E-state index >= 15 is 0 Å². The molecule has 0 aliphatic rings. The van der Waals surface area contributed by atoms with Gasteiger partial charge in [-0.25, -0.2) is 9.18 Å². The summed E-state index contributed by atoms with van der Waals surface area (Å²) in [5.41, 5.74) is 0. The lowest BCUT2D eigenvalue weighted by Crippen LogP contribution is -2.13. The average molecular weight is 295 g/mol. The molecule has 1 unspecified atom stereocenters.